The van der Waals surface area contributed by atoms with Crippen LogP contribution >= 0.6 is 0 Å². The predicted molar refractivity (Wildman–Crippen MR) is 54.6 cm³/mol. The molecule has 0 aliphatic heterocycles. The number of hydrogen-bond donors (Lipinski definition) is 1. The molecule has 2 nitrogen and oxygen atoms in total. The fraction of sp³-hybridized carbons (Fsp3) is 0.273. The zero-order valence-electron chi connectivity index (χ0n) is 7.92. The van der Waals surface area contributed by atoms with Crippen molar-refractivity contribution in [1.82, 2.24) is 0 Å². The van der Waals surface area contributed by atoms with Crippen molar-refractivity contribution in [3.8, 4) is 5.75 Å². The van der Waals surface area contributed by atoms with E-state index in [2.05, 4.69) is 6.58 Å². The van der Waals surface area contributed by atoms with Crippen molar-refractivity contribution in [3.63, 3.8) is 0 Å². The van der Waals surface area contributed by atoms with Crippen LogP contribution in [0.3, 0.4) is 0 Å². The van der Waals surface area contributed by atoms with Gasteiger partial charge < -0.3 is 10.5 Å². The van der Waals surface area contributed by atoms with Gasteiger partial charge in [0, 0.05) is 5.70 Å². The van der Waals surface area contributed by atoms with Gasteiger partial charge in [-0.05, 0) is 30.5 Å². The third-order valence-electron chi connectivity index (χ3n) is 1.89. The lowest BCUT2D eigenvalue weighted by Gasteiger charge is -2.02. The molecule has 0 unspecified atom stereocenters. The summed E-state index contributed by atoms with van der Waals surface area (Å²) in [7, 11) is 1.66. The minimum Gasteiger partial charge on any atom is -0.497 e. The van der Waals surface area contributed by atoms with E-state index in [0.29, 0.717) is 0 Å². The molecule has 0 radical (unpaired) electrons. The smallest absolute Gasteiger partial charge is 0.118 e. The summed E-state index contributed by atoms with van der Waals surface area (Å²) in [5.41, 5.74) is 7.47. The van der Waals surface area contributed by atoms with E-state index >= 15 is 0 Å². The summed E-state index contributed by atoms with van der Waals surface area (Å²) in [4.78, 5) is 0. The Kier molecular flexibility index (Phi) is 3.38. The van der Waals surface area contributed by atoms with Crippen LogP contribution in [-0.2, 0) is 6.42 Å². The molecule has 13 heavy (non-hydrogen) atoms. The highest BCUT2D eigenvalue weighted by Gasteiger charge is 1.94. The first-order valence-electron chi connectivity index (χ1n) is 4.28. The standard InChI is InChI=1S/C11H15NO/c1-9(12)3-4-10-5-7-11(13-2)8-6-10/h5-8H,1,3-4,12H2,2H3. The summed E-state index contributed by atoms with van der Waals surface area (Å²) in [6, 6.07) is 7.99. The molecule has 0 bridgehead atoms. The average Bonchev–Trinajstić information content (AvgIpc) is 2.15. The minimum absolute atomic E-state index is 0.732. The first-order chi connectivity index (χ1) is 6.22. The van der Waals surface area contributed by atoms with Crippen molar-refractivity contribution in [2.75, 3.05) is 7.11 Å². The van der Waals surface area contributed by atoms with Crippen molar-refractivity contribution >= 4 is 0 Å². The van der Waals surface area contributed by atoms with E-state index < -0.39 is 0 Å². The molecule has 1 rings (SSSR count). The zero-order chi connectivity index (χ0) is 9.68. The molecule has 2 N–H and O–H groups in total. The Balaban J connectivity index is 2.54. The highest BCUT2D eigenvalue weighted by molar-refractivity contribution is 5.27. The van der Waals surface area contributed by atoms with Gasteiger partial charge in [-0.1, -0.05) is 18.7 Å². The molecule has 0 saturated carbocycles. The minimum atomic E-state index is 0.732. The molecule has 1 aromatic rings. The summed E-state index contributed by atoms with van der Waals surface area (Å²) in [6.45, 7) is 3.66. The van der Waals surface area contributed by atoms with Crippen molar-refractivity contribution in [2.24, 2.45) is 5.73 Å². The van der Waals surface area contributed by atoms with Crippen LogP contribution in [0.1, 0.15) is 12.0 Å². The van der Waals surface area contributed by atoms with E-state index in [1.165, 1.54) is 5.56 Å². The van der Waals surface area contributed by atoms with Gasteiger partial charge >= 0.3 is 0 Å². The number of benzene rings is 1. The molecule has 0 saturated heterocycles. The molecule has 0 heterocycles. The van der Waals surface area contributed by atoms with Gasteiger partial charge in [-0.25, -0.2) is 0 Å². The van der Waals surface area contributed by atoms with Crippen LogP contribution < -0.4 is 10.5 Å². The van der Waals surface area contributed by atoms with Crippen LogP contribution in [0.5, 0.6) is 5.75 Å². The third kappa shape index (κ3) is 3.20. The number of hydrogen-bond acceptors (Lipinski definition) is 2. The van der Waals surface area contributed by atoms with Crippen LogP contribution in [0, 0.1) is 0 Å². The first kappa shape index (κ1) is 9.65. The molecule has 2 heteroatoms. The number of rotatable bonds is 4. The molecular weight excluding hydrogens is 162 g/mol. The third-order valence-corrected chi connectivity index (χ3v) is 1.89. The average molecular weight is 177 g/mol. The SMILES string of the molecule is C=C(N)CCc1ccc(OC)cc1. The van der Waals surface area contributed by atoms with Gasteiger partial charge in [-0.15, -0.1) is 0 Å². The summed E-state index contributed by atoms with van der Waals surface area (Å²) in [5, 5.41) is 0. The van der Waals surface area contributed by atoms with Crippen LogP contribution in [0.4, 0.5) is 0 Å². The molecule has 1 aromatic carbocycles. The maximum Gasteiger partial charge on any atom is 0.118 e. The molecule has 0 atom stereocenters. The van der Waals surface area contributed by atoms with Gasteiger partial charge in [0.05, 0.1) is 7.11 Å². The fourth-order valence-corrected chi connectivity index (χ4v) is 1.10. The van der Waals surface area contributed by atoms with E-state index in [1.807, 2.05) is 24.3 Å². The van der Waals surface area contributed by atoms with Crippen molar-refractivity contribution < 1.29 is 4.74 Å². The highest BCUT2D eigenvalue weighted by atomic mass is 16.5. The summed E-state index contributed by atoms with van der Waals surface area (Å²) in [5.74, 6) is 0.885. The Labute approximate surface area is 79.0 Å². The first-order valence-corrected chi connectivity index (χ1v) is 4.28. The Morgan fingerprint density at radius 1 is 1.38 bits per heavy atom. The second kappa shape index (κ2) is 4.55. The lowest BCUT2D eigenvalue weighted by molar-refractivity contribution is 0.414. The van der Waals surface area contributed by atoms with E-state index in [-0.39, 0.29) is 0 Å². The number of nitrogens with two attached hydrogens (primary N) is 1. The van der Waals surface area contributed by atoms with Gasteiger partial charge in [0.2, 0.25) is 0 Å². The summed E-state index contributed by atoms with van der Waals surface area (Å²) < 4.78 is 5.05. The van der Waals surface area contributed by atoms with Gasteiger partial charge in [0.1, 0.15) is 5.75 Å². The molecule has 0 amide bonds. The largest absolute Gasteiger partial charge is 0.497 e. The van der Waals surface area contributed by atoms with Crippen LogP contribution in [-0.4, -0.2) is 7.11 Å². The Morgan fingerprint density at radius 2 is 2.00 bits per heavy atom. The molecule has 70 valence electrons. The van der Waals surface area contributed by atoms with Gasteiger partial charge in [0.25, 0.3) is 0 Å². The molecule has 0 aliphatic carbocycles. The lowest BCUT2D eigenvalue weighted by Crippen LogP contribution is -1.96. The molecule has 0 aromatic heterocycles. The van der Waals surface area contributed by atoms with E-state index in [1.54, 1.807) is 7.11 Å². The maximum atomic E-state index is 5.48. The normalized spacial score (nSPS) is 9.62. The second-order valence-electron chi connectivity index (χ2n) is 3.01. The van der Waals surface area contributed by atoms with Crippen LogP contribution in [0.2, 0.25) is 0 Å². The summed E-state index contributed by atoms with van der Waals surface area (Å²) in [6.07, 6.45) is 1.78. The van der Waals surface area contributed by atoms with Gasteiger partial charge in [0.15, 0.2) is 0 Å². The summed E-state index contributed by atoms with van der Waals surface area (Å²) >= 11 is 0. The van der Waals surface area contributed by atoms with Crippen molar-refractivity contribution in [2.45, 2.75) is 12.8 Å². The van der Waals surface area contributed by atoms with E-state index in [9.17, 15) is 0 Å². The monoisotopic (exact) mass is 177 g/mol. The molecule has 0 aliphatic rings. The van der Waals surface area contributed by atoms with Gasteiger partial charge in [-0.2, -0.15) is 0 Å². The highest BCUT2D eigenvalue weighted by Crippen LogP contribution is 2.12. The predicted octanol–water partition coefficient (Wildman–Crippen LogP) is 2.10. The van der Waals surface area contributed by atoms with E-state index in [4.69, 9.17) is 10.5 Å². The maximum absolute atomic E-state index is 5.48. The van der Waals surface area contributed by atoms with Crippen molar-refractivity contribution in [1.29, 1.82) is 0 Å². The number of ether oxygens (including phenoxy) is 1. The zero-order valence-corrected chi connectivity index (χ0v) is 7.92. The second-order valence-corrected chi connectivity index (χ2v) is 3.01. The van der Waals surface area contributed by atoms with Crippen LogP contribution in [0.15, 0.2) is 36.5 Å². The Morgan fingerprint density at radius 3 is 2.46 bits per heavy atom. The van der Waals surface area contributed by atoms with E-state index in [0.717, 1.165) is 24.3 Å². The van der Waals surface area contributed by atoms with Crippen molar-refractivity contribution in [3.05, 3.63) is 42.1 Å². The van der Waals surface area contributed by atoms with Crippen LogP contribution in [0.25, 0.3) is 0 Å². The Hall–Kier alpha value is -1.44. The number of aryl methyl sites for hydroxylation is 1. The topological polar surface area (TPSA) is 35.2 Å². The Bertz CT molecular complexity index is 277. The molecule has 0 fully saturated rings. The van der Waals surface area contributed by atoms with Gasteiger partial charge in [-0.3, -0.25) is 0 Å². The molecular formula is C11H15NO. The number of methoxy groups -OCH3 is 1. The number of allylic oxidation sites excluding steroid dienone is 1. The lowest BCUT2D eigenvalue weighted by atomic mass is 10.1. The molecule has 0 spiro atoms. The quantitative estimate of drug-likeness (QED) is 0.764. The fourth-order valence-electron chi connectivity index (χ4n) is 1.10.